The van der Waals surface area contributed by atoms with Crippen molar-refractivity contribution in [2.24, 2.45) is 17.8 Å². The number of likely N-dealkylation sites (tertiary alicyclic amines) is 1. The summed E-state index contributed by atoms with van der Waals surface area (Å²) in [5.74, 6) is -4.41. The van der Waals surface area contributed by atoms with E-state index in [0.29, 0.717) is 25.8 Å². The number of nitrogens with zero attached hydrogens (tertiary/aromatic N) is 2. The van der Waals surface area contributed by atoms with Crippen molar-refractivity contribution in [3.63, 3.8) is 0 Å². The lowest BCUT2D eigenvalue weighted by Crippen LogP contribution is -2.63. The van der Waals surface area contributed by atoms with Gasteiger partial charge in [0.05, 0.1) is 37.8 Å². The minimum atomic E-state index is -2.43. The van der Waals surface area contributed by atoms with Crippen LogP contribution in [0.2, 0.25) is 0 Å². The molecule has 0 bridgehead atoms. The highest BCUT2D eigenvalue weighted by molar-refractivity contribution is 5.94. The van der Waals surface area contributed by atoms with Crippen LogP contribution in [0.4, 0.5) is 9.18 Å². The third kappa shape index (κ3) is 12.2. The molecule has 0 unspecified atom stereocenters. The zero-order valence-corrected chi connectivity index (χ0v) is 37.7. The van der Waals surface area contributed by atoms with Crippen LogP contribution in [0.5, 0.6) is 0 Å². The molecular weight excluding hydrogens is 778 g/mol. The summed E-state index contributed by atoms with van der Waals surface area (Å²) in [5.41, 5.74) is -3.71. The van der Waals surface area contributed by atoms with E-state index in [1.807, 2.05) is 44.2 Å². The van der Waals surface area contributed by atoms with Crippen LogP contribution in [-0.2, 0) is 49.3 Å². The summed E-state index contributed by atoms with van der Waals surface area (Å²) < 4.78 is 38.6. The summed E-state index contributed by atoms with van der Waals surface area (Å²) in [6.07, 6.45) is -1.11. The van der Waals surface area contributed by atoms with Crippen molar-refractivity contribution in [3.05, 3.63) is 35.9 Å². The first kappa shape index (κ1) is 50.2. The van der Waals surface area contributed by atoms with Gasteiger partial charge in [0.15, 0.2) is 5.78 Å². The first-order valence-electron chi connectivity index (χ1n) is 21.1. The lowest BCUT2D eigenvalue weighted by atomic mass is 9.76. The normalized spacial score (nSPS) is 22.8. The topological polar surface area (TPSA) is 182 Å². The lowest BCUT2D eigenvalue weighted by Gasteiger charge is -2.42. The molecule has 0 spiro atoms. The number of carbonyl (C=O) groups excluding carboxylic acids is 6. The Morgan fingerprint density at radius 3 is 2.13 bits per heavy atom. The summed E-state index contributed by atoms with van der Waals surface area (Å²) in [6, 6.07) is 6.45. The van der Waals surface area contributed by atoms with E-state index in [1.165, 1.54) is 26.2 Å². The minimum Gasteiger partial charge on any atom is -0.467 e. The molecule has 2 saturated heterocycles. The van der Waals surface area contributed by atoms with Crippen molar-refractivity contribution in [2.45, 2.75) is 141 Å². The summed E-state index contributed by atoms with van der Waals surface area (Å²) in [4.78, 5) is 84.6. The number of Topliss-reactive ketones (excluding diaryl/α,β-unsaturated/α-hetero) is 1. The van der Waals surface area contributed by atoms with E-state index < -0.39 is 95.3 Å². The SMILES string of the molecule is CC[C@H](C)[C@@H]([C@@H](CC(=O)[C@@]1([C@H](OC)[C@@H](C)C(=O)N[C@@H](Cc2ccccc2)C(=O)OC)CCCN1)OC)N(C)C(=O)[C@@H](NC(=O)[C@@]1(F)CCN(C(=O)OC(C)(C)C)C1)C(C)C. The van der Waals surface area contributed by atoms with Crippen LogP contribution in [0.15, 0.2) is 30.3 Å². The van der Waals surface area contributed by atoms with Crippen LogP contribution in [-0.4, -0.2) is 141 Å². The van der Waals surface area contributed by atoms with E-state index in [2.05, 4.69) is 16.0 Å². The second kappa shape index (κ2) is 21.6. The standard InChI is InChI=1S/C44H70FN5O10/c1-13-28(4)35(49(9)38(53)34(27(2)3)48-40(55)43(45)21-23-50(26-43)41(56)60-42(6,7)8)32(57-10)25-33(51)44(20-17-22-46-44)36(58-11)29(5)37(52)47-31(39(54)59-12)24-30-18-15-14-16-19-30/h14-16,18-19,27-29,31-32,34-36,46H,13,17,20-26H2,1-12H3,(H,47,52)(H,48,55)/t28-,29+,31-,32+,34-,35-,36+,43+,44+/m0/s1. The molecule has 9 atom stereocenters. The third-order valence-electron chi connectivity index (χ3n) is 12.0. The van der Waals surface area contributed by atoms with E-state index in [4.69, 9.17) is 18.9 Å². The zero-order valence-electron chi connectivity index (χ0n) is 37.7. The monoisotopic (exact) mass is 848 g/mol. The number of esters is 1. The maximum atomic E-state index is 16.2. The number of hydrogen-bond acceptors (Lipinski definition) is 11. The van der Waals surface area contributed by atoms with Gasteiger partial charge in [0.25, 0.3) is 5.91 Å². The fourth-order valence-electron chi connectivity index (χ4n) is 8.40. The average molecular weight is 848 g/mol. The third-order valence-corrected chi connectivity index (χ3v) is 12.0. The molecule has 0 aliphatic carbocycles. The predicted octanol–water partition coefficient (Wildman–Crippen LogP) is 4.00. The summed E-state index contributed by atoms with van der Waals surface area (Å²) in [7, 11) is 5.75. The molecule has 60 heavy (non-hydrogen) atoms. The van der Waals surface area contributed by atoms with Gasteiger partial charge in [-0.15, -0.1) is 0 Å². The molecule has 2 heterocycles. The number of rotatable bonds is 20. The molecule has 15 nitrogen and oxygen atoms in total. The number of amides is 4. The van der Waals surface area contributed by atoms with Crippen molar-refractivity contribution in [1.82, 2.24) is 25.8 Å². The summed E-state index contributed by atoms with van der Waals surface area (Å²) >= 11 is 0. The van der Waals surface area contributed by atoms with Crippen molar-refractivity contribution in [1.29, 1.82) is 0 Å². The van der Waals surface area contributed by atoms with Gasteiger partial charge >= 0.3 is 12.1 Å². The van der Waals surface area contributed by atoms with Gasteiger partial charge in [-0.25, -0.2) is 14.0 Å². The van der Waals surface area contributed by atoms with E-state index in [0.717, 1.165) is 10.5 Å². The van der Waals surface area contributed by atoms with Crippen LogP contribution in [0.1, 0.15) is 93.1 Å². The molecule has 0 radical (unpaired) electrons. The van der Waals surface area contributed by atoms with Crippen LogP contribution < -0.4 is 16.0 Å². The predicted molar refractivity (Wildman–Crippen MR) is 223 cm³/mol. The number of carbonyl (C=O) groups is 6. The molecule has 0 saturated carbocycles. The molecule has 3 N–H and O–H groups in total. The minimum absolute atomic E-state index is 0.0232. The van der Waals surface area contributed by atoms with Gasteiger partial charge < -0.3 is 44.7 Å². The van der Waals surface area contributed by atoms with E-state index in [1.54, 1.807) is 48.6 Å². The van der Waals surface area contributed by atoms with Gasteiger partial charge in [-0.1, -0.05) is 71.4 Å². The Labute approximate surface area is 355 Å². The van der Waals surface area contributed by atoms with Gasteiger partial charge in [-0.3, -0.25) is 19.2 Å². The number of ketones is 1. The van der Waals surface area contributed by atoms with Crippen LogP contribution >= 0.6 is 0 Å². The molecule has 1 aromatic carbocycles. The smallest absolute Gasteiger partial charge is 0.410 e. The Kier molecular flexibility index (Phi) is 18.1. The Balaban J connectivity index is 1.84. The van der Waals surface area contributed by atoms with Gasteiger partial charge in [0, 0.05) is 47.1 Å². The van der Waals surface area contributed by atoms with Crippen molar-refractivity contribution < 1.29 is 52.1 Å². The van der Waals surface area contributed by atoms with Crippen LogP contribution in [0.25, 0.3) is 0 Å². The number of hydrogen-bond donors (Lipinski definition) is 3. The number of nitrogens with one attached hydrogen (secondary N) is 3. The second-order valence-electron chi connectivity index (χ2n) is 17.8. The summed E-state index contributed by atoms with van der Waals surface area (Å²) in [5, 5.41) is 8.82. The van der Waals surface area contributed by atoms with Gasteiger partial charge in [0.2, 0.25) is 17.5 Å². The molecule has 16 heteroatoms. The fraction of sp³-hybridized carbons (Fsp3) is 0.727. The van der Waals surface area contributed by atoms with E-state index in [9.17, 15) is 28.8 Å². The number of ether oxygens (including phenoxy) is 4. The van der Waals surface area contributed by atoms with E-state index >= 15 is 4.39 Å². The van der Waals surface area contributed by atoms with Crippen LogP contribution in [0, 0.1) is 17.8 Å². The average Bonchev–Trinajstić information content (AvgIpc) is 3.87. The van der Waals surface area contributed by atoms with E-state index in [-0.39, 0.29) is 37.5 Å². The second-order valence-corrected chi connectivity index (χ2v) is 17.8. The van der Waals surface area contributed by atoms with Gasteiger partial charge in [-0.05, 0) is 57.6 Å². The maximum absolute atomic E-state index is 16.2. The molecule has 4 amide bonds. The van der Waals surface area contributed by atoms with Crippen LogP contribution in [0.3, 0.4) is 0 Å². The Bertz CT molecular complexity index is 1630. The molecule has 2 aliphatic rings. The first-order chi connectivity index (χ1) is 28.1. The lowest BCUT2D eigenvalue weighted by molar-refractivity contribution is -0.149. The van der Waals surface area contributed by atoms with Gasteiger partial charge in [0.1, 0.15) is 23.2 Å². The van der Waals surface area contributed by atoms with Gasteiger partial charge in [-0.2, -0.15) is 0 Å². The first-order valence-corrected chi connectivity index (χ1v) is 21.1. The molecule has 338 valence electrons. The number of benzene rings is 1. The number of alkyl halides is 1. The quantitative estimate of drug-likeness (QED) is 0.162. The molecule has 2 fully saturated rings. The highest BCUT2D eigenvalue weighted by Crippen LogP contribution is 2.35. The summed E-state index contributed by atoms with van der Waals surface area (Å²) in [6.45, 7) is 14.1. The fourth-order valence-corrected chi connectivity index (χ4v) is 8.40. The number of methoxy groups -OCH3 is 3. The van der Waals surface area contributed by atoms with Crippen molar-refractivity contribution >= 4 is 35.6 Å². The number of halogens is 1. The Morgan fingerprint density at radius 1 is 0.967 bits per heavy atom. The molecular formula is C44H70FN5O10. The maximum Gasteiger partial charge on any atom is 0.410 e. The Hall–Kier alpha value is -4.15. The van der Waals surface area contributed by atoms with Crippen molar-refractivity contribution in [2.75, 3.05) is 48.0 Å². The molecule has 2 aliphatic heterocycles. The molecule has 0 aromatic heterocycles. The largest absolute Gasteiger partial charge is 0.467 e. The molecule has 3 rings (SSSR count). The van der Waals surface area contributed by atoms with Crippen molar-refractivity contribution in [3.8, 4) is 0 Å². The highest BCUT2D eigenvalue weighted by Gasteiger charge is 2.53. The highest BCUT2D eigenvalue weighted by atomic mass is 19.1. The number of likely N-dealkylation sites (N-methyl/N-ethyl adjacent to an activating group) is 1. The molecule has 1 aromatic rings. The zero-order chi connectivity index (χ0) is 45.2. The Morgan fingerprint density at radius 2 is 1.62 bits per heavy atom.